The summed E-state index contributed by atoms with van der Waals surface area (Å²) in [7, 11) is 1.49. The minimum absolute atomic E-state index is 0.0418. The van der Waals surface area contributed by atoms with Gasteiger partial charge >= 0.3 is 5.97 Å². The standard InChI is InChI=1S/C21H23NO4/c1-14(26-21(24)17-11-5-6-13-19(17)25-2)20(23)22-18-12-7-9-15-8-3-4-10-16(15)18/h3-6,8,10-11,13-14,18H,7,9,12H2,1-2H3,(H,22,23)/t14-,18+/m0/s1. The molecule has 5 heteroatoms. The molecule has 5 nitrogen and oxygen atoms in total. The maximum Gasteiger partial charge on any atom is 0.342 e. The molecule has 0 spiro atoms. The number of methoxy groups -OCH3 is 1. The average Bonchev–Trinajstić information content (AvgIpc) is 2.68. The Kier molecular flexibility index (Phi) is 5.56. The number of aryl methyl sites for hydroxylation is 1. The van der Waals surface area contributed by atoms with Gasteiger partial charge in [-0.25, -0.2) is 4.79 Å². The Balaban J connectivity index is 1.65. The number of para-hydroxylation sites is 1. The van der Waals surface area contributed by atoms with E-state index in [0.29, 0.717) is 11.3 Å². The maximum atomic E-state index is 12.5. The van der Waals surface area contributed by atoms with Crippen molar-refractivity contribution in [1.82, 2.24) is 5.32 Å². The fourth-order valence-electron chi connectivity index (χ4n) is 3.28. The molecule has 26 heavy (non-hydrogen) atoms. The molecule has 1 amide bonds. The van der Waals surface area contributed by atoms with Crippen molar-refractivity contribution in [2.75, 3.05) is 7.11 Å². The van der Waals surface area contributed by atoms with Crippen LogP contribution in [0.4, 0.5) is 0 Å². The molecule has 3 rings (SSSR count). The van der Waals surface area contributed by atoms with Crippen molar-refractivity contribution >= 4 is 11.9 Å². The lowest BCUT2D eigenvalue weighted by Crippen LogP contribution is -2.39. The molecule has 2 aromatic rings. The molecule has 1 N–H and O–H groups in total. The van der Waals surface area contributed by atoms with Gasteiger partial charge in [0.05, 0.1) is 13.2 Å². The molecule has 0 saturated carbocycles. The highest BCUT2D eigenvalue weighted by molar-refractivity contribution is 5.94. The molecule has 0 fully saturated rings. The molecule has 2 aromatic carbocycles. The van der Waals surface area contributed by atoms with Gasteiger partial charge in [0.25, 0.3) is 5.91 Å². The number of ether oxygens (including phenoxy) is 2. The number of fused-ring (bicyclic) bond motifs is 1. The third-order valence-electron chi connectivity index (χ3n) is 4.67. The van der Waals surface area contributed by atoms with Gasteiger partial charge in [0.15, 0.2) is 6.10 Å². The van der Waals surface area contributed by atoms with Gasteiger partial charge in [0.2, 0.25) is 0 Å². The molecule has 2 atom stereocenters. The van der Waals surface area contributed by atoms with Crippen LogP contribution in [0.15, 0.2) is 48.5 Å². The summed E-state index contributed by atoms with van der Waals surface area (Å²) in [6.45, 7) is 1.58. The summed E-state index contributed by atoms with van der Waals surface area (Å²) in [5.74, 6) is -0.449. The summed E-state index contributed by atoms with van der Waals surface area (Å²) in [6.07, 6.45) is 2.05. The van der Waals surface area contributed by atoms with E-state index in [9.17, 15) is 9.59 Å². The van der Waals surface area contributed by atoms with Crippen LogP contribution in [0.2, 0.25) is 0 Å². The van der Waals surface area contributed by atoms with Gasteiger partial charge in [0, 0.05) is 0 Å². The number of carbonyl (C=O) groups excluding carboxylic acids is 2. The van der Waals surface area contributed by atoms with Gasteiger partial charge in [-0.2, -0.15) is 0 Å². The molecule has 0 aromatic heterocycles. The monoisotopic (exact) mass is 353 g/mol. The third kappa shape index (κ3) is 3.87. The normalized spacial score (nSPS) is 16.9. The predicted octanol–water partition coefficient (Wildman–Crippen LogP) is 3.43. The minimum Gasteiger partial charge on any atom is -0.496 e. The molecule has 1 aliphatic rings. The van der Waals surface area contributed by atoms with Crippen LogP contribution in [0.3, 0.4) is 0 Å². The molecule has 0 radical (unpaired) electrons. The first-order valence-electron chi connectivity index (χ1n) is 8.82. The highest BCUT2D eigenvalue weighted by Gasteiger charge is 2.26. The Morgan fingerprint density at radius 1 is 1.12 bits per heavy atom. The second-order valence-electron chi connectivity index (χ2n) is 6.40. The van der Waals surface area contributed by atoms with E-state index >= 15 is 0 Å². The van der Waals surface area contributed by atoms with Crippen LogP contribution in [0.5, 0.6) is 5.75 Å². The summed E-state index contributed by atoms with van der Waals surface area (Å²) < 4.78 is 10.5. The molecule has 0 bridgehead atoms. The van der Waals surface area contributed by atoms with Crippen molar-refractivity contribution in [3.63, 3.8) is 0 Å². The molecule has 0 unspecified atom stereocenters. The predicted molar refractivity (Wildman–Crippen MR) is 98.1 cm³/mol. The van der Waals surface area contributed by atoms with Crippen molar-refractivity contribution in [2.24, 2.45) is 0 Å². The second kappa shape index (κ2) is 8.04. The fourth-order valence-corrected chi connectivity index (χ4v) is 3.28. The Morgan fingerprint density at radius 2 is 1.85 bits per heavy atom. The van der Waals surface area contributed by atoms with Crippen LogP contribution in [0.1, 0.15) is 47.3 Å². The van der Waals surface area contributed by atoms with Crippen LogP contribution in [-0.2, 0) is 16.0 Å². The van der Waals surface area contributed by atoms with Gasteiger partial charge in [-0.05, 0) is 49.4 Å². The number of hydrogen-bond acceptors (Lipinski definition) is 4. The first-order valence-corrected chi connectivity index (χ1v) is 8.82. The first-order chi connectivity index (χ1) is 12.6. The van der Waals surface area contributed by atoms with Crippen molar-refractivity contribution in [3.05, 3.63) is 65.2 Å². The Morgan fingerprint density at radius 3 is 2.65 bits per heavy atom. The van der Waals surface area contributed by atoms with E-state index in [1.807, 2.05) is 18.2 Å². The molecule has 0 saturated heterocycles. The largest absolute Gasteiger partial charge is 0.496 e. The van der Waals surface area contributed by atoms with Crippen LogP contribution in [-0.4, -0.2) is 25.1 Å². The molecule has 136 valence electrons. The number of amides is 1. The summed E-state index contributed by atoms with van der Waals surface area (Å²) in [4.78, 5) is 24.9. The minimum atomic E-state index is -0.887. The lowest BCUT2D eigenvalue weighted by molar-refractivity contribution is -0.130. The molecule has 1 aliphatic carbocycles. The van der Waals surface area contributed by atoms with E-state index in [2.05, 4.69) is 11.4 Å². The van der Waals surface area contributed by atoms with Gasteiger partial charge < -0.3 is 14.8 Å². The quantitative estimate of drug-likeness (QED) is 0.837. The topological polar surface area (TPSA) is 64.6 Å². The van der Waals surface area contributed by atoms with Crippen molar-refractivity contribution in [3.8, 4) is 5.75 Å². The zero-order chi connectivity index (χ0) is 18.5. The molecule has 0 aliphatic heterocycles. The van der Waals surface area contributed by atoms with E-state index < -0.39 is 12.1 Å². The lowest BCUT2D eigenvalue weighted by atomic mass is 9.87. The van der Waals surface area contributed by atoms with E-state index in [-0.39, 0.29) is 11.9 Å². The number of hydrogen-bond donors (Lipinski definition) is 1. The number of esters is 1. The maximum absolute atomic E-state index is 12.5. The van der Waals surface area contributed by atoms with Gasteiger partial charge in [0.1, 0.15) is 11.3 Å². The zero-order valence-corrected chi connectivity index (χ0v) is 15.0. The van der Waals surface area contributed by atoms with E-state index in [1.54, 1.807) is 31.2 Å². The summed E-state index contributed by atoms with van der Waals surface area (Å²) in [6, 6.07) is 14.9. The van der Waals surface area contributed by atoms with Crippen molar-refractivity contribution in [1.29, 1.82) is 0 Å². The zero-order valence-electron chi connectivity index (χ0n) is 15.0. The Bertz CT molecular complexity index is 802. The highest BCUT2D eigenvalue weighted by atomic mass is 16.5. The number of rotatable bonds is 5. The van der Waals surface area contributed by atoms with Gasteiger partial charge in [-0.1, -0.05) is 36.4 Å². The SMILES string of the molecule is COc1ccccc1C(=O)O[C@@H](C)C(=O)N[C@@H]1CCCc2ccccc21. The lowest BCUT2D eigenvalue weighted by Gasteiger charge is -2.27. The Labute approximate surface area is 153 Å². The number of nitrogens with one attached hydrogen (secondary N) is 1. The van der Waals surface area contributed by atoms with Crippen LogP contribution in [0, 0.1) is 0 Å². The van der Waals surface area contributed by atoms with Crippen LogP contribution in [0.25, 0.3) is 0 Å². The van der Waals surface area contributed by atoms with Crippen LogP contribution >= 0.6 is 0 Å². The Hall–Kier alpha value is -2.82. The fraction of sp³-hybridized carbons (Fsp3) is 0.333. The third-order valence-corrected chi connectivity index (χ3v) is 4.67. The first kappa shape index (κ1) is 18.0. The number of benzene rings is 2. The van der Waals surface area contributed by atoms with Gasteiger partial charge in [-0.3, -0.25) is 4.79 Å². The molecular formula is C21H23NO4. The molecular weight excluding hydrogens is 330 g/mol. The van der Waals surface area contributed by atoms with E-state index in [4.69, 9.17) is 9.47 Å². The summed E-state index contributed by atoms with van der Waals surface area (Å²) >= 11 is 0. The second-order valence-corrected chi connectivity index (χ2v) is 6.40. The van der Waals surface area contributed by atoms with E-state index in [0.717, 1.165) is 24.8 Å². The van der Waals surface area contributed by atoms with Crippen LogP contribution < -0.4 is 10.1 Å². The van der Waals surface area contributed by atoms with E-state index in [1.165, 1.54) is 12.7 Å². The van der Waals surface area contributed by atoms with Crippen molar-refractivity contribution < 1.29 is 19.1 Å². The average molecular weight is 353 g/mol. The highest BCUT2D eigenvalue weighted by Crippen LogP contribution is 2.29. The number of carbonyl (C=O) groups is 2. The van der Waals surface area contributed by atoms with Crippen molar-refractivity contribution in [2.45, 2.75) is 38.3 Å². The molecule has 0 heterocycles. The summed E-state index contributed by atoms with van der Waals surface area (Å²) in [5, 5.41) is 3.01. The summed E-state index contributed by atoms with van der Waals surface area (Å²) in [5.41, 5.74) is 2.72. The van der Waals surface area contributed by atoms with Gasteiger partial charge in [-0.15, -0.1) is 0 Å². The smallest absolute Gasteiger partial charge is 0.342 e.